The summed E-state index contributed by atoms with van der Waals surface area (Å²) in [4.78, 5) is 0. The molecule has 0 unspecified atom stereocenters. The van der Waals surface area contributed by atoms with Crippen LogP contribution in [-0.2, 0) is 6.18 Å². The van der Waals surface area contributed by atoms with Crippen LogP contribution < -0.4 is 5.73 Å². The number of benzene rings is 1. The van der Waals surface area contributed by atoms with Crippen molar-refractivity contribution in [2.75, 3.05) is 5.73 Å². The van der Waals surface area contributed by atoms with Crippen LogP contribution in [0, 0.1) is 0 Å². The third-order valence-corrected chi connectivity index (χ3v) is 1.63. The Bertz CT molecular complexity index is 302. The highest BCUT2D eigenvalue weighted by molar-refractivity contribution is 6.31. The average Bonchev–Trinajstić information content (AvgIpc) is 1.92. The van der Waals surface area contributed by atoms with Crippen molar-refractivity contribution in [1.29, 1.82) is 0 Å². The number of rotatable bonds is 0. The Morgan fingerprint density at radius 3 is 1.93 bits per heavy atom. The van der Waals surface area contributed by atoms with E-state index < -0.39 is 11.7 Å². The van der Waals surface area contributed by atoms with Gasteiger partial charge in [0, 0.05) is 5.69 Å². The fraction of sp³-hybridized carbons (Fsp3) is 0.250. The first-order valence-corrected chi connectivity index (χ1v) is 3.41. The first-order valence-electron chi connectivity index (χ1n) is 3.03. The van der Waals surface area contributed by atoms with Crippen LogP contribution in [0.2, 0.25) is 5.02 Å². The van der Waals surface area contributed by atoms with Gasteiger partial charge in [-0.3, -0.25) is 0 Å². The molecule has 0 spiro atoms. The van der Waals surface area contributed by atoms with E-state index in [4.69, 9.17) is 17.3 Å². The fourth-order valence-electron chi connectivity index (χ4n) is 0.760. The van der Waals surface area contributed by atoms with Crippen molar-refractivity contribution in [3.05, 3.63) is 28.8 Å². The summed E-state index contributed by atoms with van der Waals surface area (Å²) in [6, 6.07) is 3.25. The van der Waals surface area contributed by atoms with Gasteiger partial charge >= 0.3 is 6.18 Å². The number of hydrogen-bond donors (Lipinski definition) is 1. The number of anilines is 1. The highest BCUT2D eigenvalue weighted by atomic mass is 35.5. The van der Waals surface area contributed by atoms with Crippen LogP contribution in [0.1, 0.15) is 13.0 Å². The van der Waals surface area contributed by atoms with Crippen molar-refractivity contribution in [3.8, 4) is 0 Å². The molecule has 0 amide bonds. The van der Waals surface area contributed by atoms with E-state index in [-0.39, 0.29) is 43.0 Å². The Kier molecular flexibility index (Phi) is 9.45. The Morgan fingerprint density at radius 2 is 1.60 bits per heavy atom. The van der Waals surface area contributed by atoms with E-state index in [1.807, 2.05) is 0 Å². The topological polar surface area (TPSA) is 26.0 Å². The summed E-state index contributed by atoms with van der Waals surface area (Å²) in [5.41, 5.74) is 4.31. The van der Waals surface area contributed by atoms with Gasteiger partial charge < -0.3 is 5.73 Å². The third kappa shape index (κ3) is 5.35. The zero-order chi connectivity index (χ0) is 9.35. The zero-order valence-corrected chi connectivity index (χ0v) is 9.03. The molecule has 1 rings (SSSR count). The molecule has 0 aliphatic rings. The molecule has 15 heavy (non-hydrogen) atoms. The van der Waals surface area contributed by atoms with E-state index >= 15 is 0 Å². The standard InChI is InChI=1S/C7H5ClF3N.CH4.2ClH/c8-6-2-1-4(12)3-5(6)7(9,10)11;;;/h1-3H,12H2;1H4;2*1H. The number of nitrogen functional groups attached to an aromatic ring is 1. The van der Waals surface area contributed by atoms with Gasteiger partial charge in [0.15, 0.2) is 0 Å². The van der Waals surface area contributed by atoms with E-state index in [1.165, 1.54) is 6.07 Å². The molecule has 0 saturated carbocycles. The second-order valence-corrected chi connectivity index (χ2v) is 2.64. The Hall–Kier alpha value is -0.320. The molecular formula is C8H11Cl3F3N. The molecule has 0 radical (unpaired) electrons. The lowest BCUT2D eigenvalue weighted by atomic mass is 10.2. The molecule has 0 aliphatic heterocycles. The van der Waals surface area contributed by atoms with Crippen LogP contribution in [-0.4, -0.2) is 0 Å². The lowest BCUT2D eigenvalue weighted by Crippen LogP contribution is -2.06. The molecule has 2 N–H and O–H groups in total. The molecule has 0 aliphatic carbocycles. The summed E-state index contributed by atoms with van der Waals surface area (Å²) in [5, 5.41) is -0.336. The molecule has 1 aromatic rings. The maximum absolute atomic E-state index is 12.1. The van der Waals surface area contributed by atoms with Gasteiger partial charge in [-0.15, -0.1) is 24.8 Å². The molecule has 0 bridgehead atoms. The summed E-state index contributed by atoms with van der Waals surface area (Å²) < 4.78 is 36.3. The van der Waals surface area contributed by atoms with E-state index in [9.17, 15) is 13.2 Å². The molecular weight excluding hydrogens is 273 g/mol. The Morgan fingerprint density at radius 1 is 1.13 bits per heavy atom. The van der Waals surface area contributed by atoms with Gasteiger partial charge in [-0.2, -0.15) is 13.2 Å². The SMILES string of the molecule is C.Cl.Cl.Nc1ccc(Cl)c(C(F)(F)F)c1. The molecule has 90 valence electrons. The van der Waals surface area contributed by atoms with Gasteiger partial charge in [0.1, 0.15) is 0 Å². The first kappa shape index (κ1) is 20.1. The van der Waals surface area contributed by atoms with Crippen LogP contribution in [0.4, 0.5) is 18.9 Å². The van der Waals surface area contributed by atoms with Crippen molar-refractivity contribution in [3.63, 3.8) is 0 Å². The summed E-state index contributed by atoms with van der Waals surface area (Å²) in [6.45, 7) is 0. The van der Waals surface area contributed by atoms with E-state index in [1.54, 1.807) is 0 Å². The second-order valence-electron chi connectivity index (χ2n) is 2.24. The van der Waals surface area contributed by atoms with Crippen molar-refractivity contribution in [1.82, 2.24) is 0 Å². The van der Waals surface area contributed by atoms with Crippen LogP contribution in [0.25, 0.3) is 0 Å². The van der Waals surface area contributed by atoms with Crippen molar-refractivity contribution >= 4 is 42.1 Å². The second kappa shape index (κ2) is 7.04. The van der Waals surface area contributed by atoms with Crippen LogP contribution in [0.3, 0.4) is 0 Å². The quantitative estimate of drug-likeness (QED) is 0.701. The number of halogens is 6. The average molecular weight is 285 g/mol. The summed E-state index contributed by atoms with van der Waals surface area (Å²) >= 11 is 5.31. The lowest BCUT2D eigenvalue weighted by molar-refractivity contribution is -0.137. The molecule has 0 heterocycles. The summed E-state index contributed by atoms with van der Waals surface area (Å²) in [5.74, 6) is 0. The zero-order valence-electron chi connectivity index (χ0n) is 6.64. The minimum Gasteiger partial charge on any atom is -0.399 e. The predicted octanol–water partition coefficient (Wildman–Crippen LogP) is 4.42. The minimum atomic E-state index is -4.44. The molecule has 1 nitrogen and oxygen atoms in total. The number of hydrogen-bond acceptors (Lipinski definition) is 1. The third-order valence-electron chi connectivity index (χ3n) is 1.30. The van der Waals surface area contributed by atoms with Gasteiger partial charge in [-0.05, 0) is 18.2 Å². The molecule has 0 aromatic heterocycles. The lowest BCUT2D eigenvalue weighted by Gasteiger charge is -2.08. The highest BCUT2D eigenvalue weighted by Crippen LogP contribution is 2.35. The number of nitrogens with two attached hydrogens (primary N) is 1. The van der Waals surface area contributed by atoms with Gasteiger partial charge in [-0.1, -0.05) is 19.0 Å². The smallest absolute Gasteiger partial charge is 0.399 e. The molecule has 0 atom stereocenters. The minimum absolute atomic E-state index is 0. The largest absolute Gasteiger partial charge is 0.417 e. The van der Waals surface area contributed by atoms with E-state index in [0.717, 1.165) is 12.1 Å². The van der Waals surface area contributed by atoms with Gasteiger partial charge in [0.05, 0.1) is 10.6 Å². The monoisotopic (exact) mass is 283 g/mol. The normalized spacial score (nSPS) is 9.33. The van der Waals surface area contributed by atoms with Crippen LogP contribution in [0.15, 0.2) is 18.2 Å². The predicted molar refractivity (Wildman–Crippen MR) is 62.1 cm³/mol. The van der Waals surface area contributed by atoms with E-state index in [2.05, 4.69) is 0 Å². The van der Waals surface area contributed by atoms with Crippen molar-refractivity contribution in [2.45, 2.75) is 13.6 Å². The number of alkyl halides is 3. The molecule has 0 saturated heterocycles. The highest BCUT2D eigenvalue weighted by Gasteiger charge is 2.33. The van der Waals surface area contributed by atoms with Crippen molar-refractivity contribution < 1.29 is 13.2 Å². The first-order chi connectivity index (χ1) is 5.41. The van der Waals surface area contributed by atoms with Gasteiger partial charge in [-0.25, -0.2) is 0 Å². The maximum atomic E-state index is 12.1. The summed E-state index contributed by atoms with van der Waals surface area (Å²) in [7, 11) is 0. The van der Waals surface area contributed by atoms with Crippen LogP contribution in [0.5, 0.6) is 0 Å². The van der Waals surface area contributed by atoms with Gasteiger partial charge in [0.25, 0.3) is 0 Å². The van der Waals surface area contributed by atoms with E-state index in [0.29, 0.717) is 0 Å². The van der Waals surface area contributed by atoms with Crippen LogP contribution >= 0.6 is 36.4 Å². The molecule has 0 fully saturated rings. The van der Waals surface area contributed by atoms with Crippen molar-refractivity contribution in [2.24, 2.45) is 0 Å². The maximum Gasteiger partial charge on any atom is 0.417 e. The Labute approximate surface area is 104 Å². The molecule has 1 aromatic carbocycles. The Balaban J connectivity index is -0.000000480. The fourth-order valence-corrected chi connectivity index (χ4v) is 0.985. The summed E-state index contributed by atoms with van der Waals surface area (Å²) in [6.07, 6.45) is -4.44. The molecule has 7 heteroatoms. The van der Waals surface area contributed by atoms with Gasteiger partial charge in [0.2, 0.25) is 0 Å².